The van der Waals surface area contributed by atoms with Crippen LogP contribution >= 0.6 is 0 Å². The number of aryl methyl sites for hydroxylation is 3. The molecule has 5 heterocycles. The zero-order chi connectivity index (χ0) is 27.3. The summed E-state index contributed by atoms with van der Waals surface area (Å²) in [5.41, 5.74) is 8.07. The molecule has 1 unspecified atom stereocenters. The van der Waals surface area contributed by atoms with E-state index in [-0.39, 0.29) is 11.7 Å². The van der Waals surface area contributed by atoms with Crippen molar-refractivity contribution >= 4 is 16.7 Å². The molecule has 2 aliphatic heterocycles. The minimum Gasteiger partial charge on any atom is -0.366 e. The van der Waals surface area contributed by atoms with Gasteiger partial charge in [-0.25, -0.2) is 4.98 Å². The number of hydrogen-bond donors (Lipinski definition) is 0. The first-order valence-electron chi connectivity index (χ1n) is 15.3. The van der Waals surface area contributed by atoms with Gasteiger partial charge < -0.3 is 9.64 Å². The largest absolute Gasteiger partial charge is 0.366 e. The summed E-state index contributed by atoms with van der Waals surface area (Å²) in [6, 6.07) is 2.22. The number of hydrogen-bond acceptors (Lipinski definition) is 6. The maximum atomic E-state index is 6.28. The Morgan fingerprint density at radius 3 is 2.60 bits per heavy atom. The van der Waals surface area contributed by atoms with Gasteiger partial charge in [0.25, 0.3) is 0 Å². The van der Waals surface area contributed by atoms with Gasteiger partial charge in [0.2, 0.25) is 0 Å². The van der Waals surface area contributed by atoms with E-state index in [9.17, 15) is 0 Å². The summed E-state index contributed by atoms with van der Waals surface area (Å²) in [6.45, 7) is 9.25. The topological polar surface area (TPSA) is 64.2 Å². The van der Waals surface area contributed by atoms with E-state index in [2.05, 4.69) is 45.4 Å². The summed E-state index contributed by atoms with van der Waals surface area (Å²) in [5, 5.41) is 10.8. The molecule has 210 valence electrons. The predicted octanol–water partition coefficient (Wildman–Crippen LogP) is 4.30. The molecular formula is C32H41N7O. The monoisotopic (exact) mass is 539 g/mol. The summed E-state index contributed by atoms with van der Waals surface area (Å²) >= 11 is 0. The van der Waals surface area contributed by atoms with E-state index in [1.54, 1.807) is 0 Å². The Morgan fingerprint density at radius 1 is 1.10 bits per heavy atom. The molecule has 1 spiro atoms. The van der Waals surface area contributed by atoms with Crippen LogP contribution in [0.1, 0.15) is 74.0 Å². The maximum absolute atomic E-state index is 6.28. The first kappa shape index (κ1) is 24.9. The molecule has 2 bridgehead atoms. The molecule has 0 radical (unpaired) electrons. The fourth-order valence-electron chi connectivity index (χ4n) is 8.61. The second kappa shape index (κ2) is 8.56. The molecular weight excluding hydrogens is 498 g/mol. The minimum atomic E-state index is -0.0392. The van der Waals surface area contributed by atoms with Crippen LogP contribution in [0.15, 0.2) is 12.3 Å². The van der Waals surface area contributed by atoms with Gasteiger partial charge in [-0.2, -0.15) is 10.2 Å². The number of fused-ring (bicyclic) bond motifs is 5. The van der Waals surface area contributed by atoms with Crippen LogP contribution in [0.4, 0.5) is 5.69 Å². The Balaban J connectivity index is 1.00. The minimum absolute atomic E-state index is 0.0392. The molecule has 1 saturated heterocycles. The summed E-state index contributed by atoms with van der Waals surface area (Å²) < 4.78 is 10.6. The molecule has 4 aliphatic carbocycles. The average molecular weight is 540 g/mol. The molecule has 8 heteroatoms. The first-order valence-corrected chi connectivity index (χ1v) is 15.3. The van der Waals surface area contributed by atoms with Crippen LogP contribution in [0.25, 0.3) is 11.0 Å². The van der Waals surface area contributed by atoms with Crippen molar-refractivity contribution in [3.05, 3.63) is 34.9 Å². The van der Waals surface area contributed by atoms with Crippen molar-refractivity contribution in [3.63, 3.8) is 0 Å². The van der Waals surface area contributed by atoms with Crippen molar-refractivity contribution in [1.29, 1.82) is 0 Å². The third-order valence-electron chi connectivity index (χ3n) is 11.3. The molecule has 8 nitrogen and oxygen atoms in total. The third-order valence-corrected chi connectivity index (χ3v) is 11.3. The summed E-state index contributed by atoms with van der Waals surface area (Å²) in [4.78, 5) is 10.0. The summed E-state index contributed by atoms with van der Waals surface area (Å²) in [5.74, 6) is 2.93. The first-order chi connectivity index (χ1) is 19.3. The molecule has 5 fully saturated rings. The van der Waals surface area contributed by atoms with E-state index in [4.69, 9.17) is 21.2 Å². The predicted molar refractivity (Wildman–Crippen MR) is 155 cm³/mol. The fourth-order valence-corrected chi connectivity index (χ4v) is 8.61. The second-order valence-corrected chi connectivity index (χ2v) is 13.7. The smallest absolute Gasteiger partial charge is 0.159 e. The van der Waals surface area contributed by atoms with E-state index < -0.39 is 0 Å². The number of anilines is 1. The zero-order valence-corrected chi connectivity index (χ0v) is 24.2. The van der Waals surface area contributed by atoms with E-state index in [1.807, 2.05) is 17.9 Å². The Morgan fingerprint density at radius 2 is 1.88 bits per heavy atom. The van der Waals surface area contributed by atoms with Gasteiger partial charge in [-0.15, -0.1) is 6.42 Å². The van der Waals surface area contributed by atoms with Crippen molar-refractivity contribution in [3.8, 4) is 12.3 Å². The van der Waals surface area contributed by atoms with Crippen LogP contribution < -0.4 is 4.90 Å². The van der Waals surface area contributed by atoms with Crippen molar-refractivity contribution in [2.24, 2.45) is 12.5 Å². The van der Waals surface area contributed by atoms with Gasteiger partial charge in [0.1, 0.15) is 6.10 Å². The number of ether oxygens (including phenoxy) is 1. The number of pyridine rings is 1. The number of terminal acetylenes is 1. The van der Waals surface area contributed by atoms with Gasteiger partial charge in [-0.05, 0) is 76.7 Å². The molecule has 0 aromatic carbocycles. The number of aromatic nitrogens is 5. The van der Waals surface area contributed by atoms with Crippen LogP contribution in [-0.4, -0.2) is 66.3 Å². The molecule has 9 rings (SSSR count). The molecule has 40 heavy (non-hydrogen) atoms. The second-order valence-electron chi connectivity index (χ2n) is 13.7. The number of morpholine rings is 1. The van der Waals surface area contributed by atoms with Gasteiger partial charge in [-0.1, -0.05) is 5.92 Å². The van der Waals surface area contributed by atoms with Gasteiger partial charge in [0.15, 0.2) is 5.65 Å². The normalized spacial score (nSPS) is 31.1. The quantitative estimate of drug-likeness (QED) is 0.461. The van der Waals surface area contributed by atoms with E-state index in [0.717, 1.165) is 55.9 Å². The van der Waals surface area contributed by atoms with Gasteiger partial charge >= 0.3 is 0 Å². The van der Waals surface area contributed by atoms with Gasteiger partial charge in [0, 0.05) is 68.7 Å². The Bertz CT molecular complexity index is 1510. The molecule has 0 N–H and O–H groups in total. The van der Waals surface area contributed by atoms with Crippen LogP contribution in [-0.2, 0) is 31.3 Å². The SMILES string of the molecule is C#CC1CN(C23CCC(Cn4nc(C)c5c4CCN(c4cc(C)nc6c4cnn6C)C5)(CC2)CC3)CC2(CC2)O1. The van der Waals surface area contributed by atoms with Crippen molar-refractivity contribution in [1.82, 2.24) is 29.4 Å². The van der Waals surface area contributed by atoms with Crippen LogP contribution in [0.3, 0.4) is 0 Å². The highest BCUT2D eigenvalue weighted by molar-refractivity contribution is 5.89. The van der Waals surface area contributed by atoms with Crippen LogP contribution in [0, 0.1) is 31.6 Å². The van der Waals surface area contributed by atoms with Crippen molar-refractivity contribution in [2.45, 2.75) is 102 Å². The van der Waals surface area contributed by atoms with E-state index >= 15 is 0 Å². The van der Waals surface area contributed by atoms with E-state index in [0.29, 0.717) is 11.0 Å². The highest BCUT2D eigenvalue weighted by Crippen LogP contribution is 2.57. The lowest BCUT2D eigenvalue weighted by Gasteiger charge is -2.59. The average Bonchev–Trinajstić information content (AvgIpc) is 3.50. The number of nitrogens with zero attached hydrogens (tertiary/aromatic N) is 7. The molecule has 0 amide bonds. The Kier molecular flexibility index (Phi) is 5.32. The lowest BCUT2D eigenvalue weighted by Crippen LogP contribution is -2.63. The highest BCUT2D eigenvalue weighted by Gasteiger charge is 2.57. The lowest BCUT2D eigenvalue weighted by molar-refractivity contribution is -0.143. The maximum Gasteiger partial charge on any atom is 0.159 e. The molecule has 4 saturated carbocycles. The summed E-state index contributed by atoms with van der Waals surface area (Å²) in [7, 11) is 1.97. The van der Waals surface area contributed by atoms with Crippen LogP contribution in [0.2, 0.25) is 0 Å². The summed E-state index contributed by atoms with van der Waals surface area (Å²) in [6.07, 6.45) is 18.9. The van der Waals surface area contributed by atoms with Gasteiger partial charge in [0.05, 0.1) is 28.6 Å². The standard InChI is InChI=1S/C32H41N7O/c1-5-24-18-38(21-32(40-24)13-14-32)31-10-7-30(8-11-31,9-12-31)20-39-27-6-15-37(19-26(27)23(3)35-39)28-16-22(2)34-29-25(28)17-33-36(29)4/h1,16-17,24H,6-15,18-21H2,2-4H3. The number of rotatable bonds is 4. The van der Waals surface area contributed by atoms with Gasteiger partial charge in [-0.3, -0.25) is 14.3 Å². The molecule has 6 aliphatic rings. The highest BCUT2D eigenvalue weighted by atomic mass is 16.5. The molecule has 3 aromatic rings. The Labute approximate surface area is 237 Å². The Hall–Kier alpha value is -2.89. The van der Waals surface area contributed by atoms with E-state index in [1.165, 1.54) is 74.0 Å². The van der Waals surface area contributed by atoms with Crippen LogP contribution in [0.5, 0.6) is 0 Å². The fraction of sp³-hybridized carbons (Fsp3) is 0.656. The van der Waals surface area contributed by atoms with Crippen molar-refractivity contribution in [2.75, 3.05) is 24.5 Å². The van der Waals surface area contributed by atoms with Crippen molar-refractivity contribution < 1.29 is 4.74 Å². The zero-order valence-electron chi connectivity index (χ0n) is 24.2. The third kappa shape index (κ3) is 3.77. The lowest BCUT2D eigenvalue weighted by atomic mass is 9.56. The molecule has 3 aromatic heterocycles. The molecule has 1 atom stereocenters.